The zero-order chi connectivity index (χ0) is 21.5. The second-order valence-electron chi connectivity index (χ2n) is 10.9. The van der Waals surface area contributed by atoms with Crippen LogP contribution in [0.5, 0.6) is 0 Å². The highest BCUT2D eigenvalue weighted by atomic mass is 28.4. The summed E-state index contributed by atoms with van der Waals surface area (Å²) >= 11 is 0. The standard InChI is InChI=1S/C20H41BO4Si2/c1-12-13-20(14-22)16(25-27(10,11)19(5,6)7)15(17(21)23-20)24-26(8,9)18(2,3)4/h12,15-17,22H,1,13-14H2,2-11H3/t15-,16+,17-,20-/m1/s1. The lowest BCUT2D eigenvalue weighted by atomic mass is 9.88. The number of rotatable bonds is 7. The number of ether oxygens (including phenoxy) is 1. The number of hydrogen-bond donors (Lipinski definition) is 1. The Morgan fingerprint density at radius 3 is 1.85 bits per heavy atom. The van der Waals surface area contributed by atoms with Gasteiger partial charge in [-0.3, -0.25) is 0 Å². The van der Waals surface area contributed by atoms with Crippen molar-refractivity contribution >= 4 is 24.5 Å². The lowest BCUT2D eigenvalue weighted by Crippen LogP contribution is -2.57. The second-order valence-corrected chi connectivity index (χ2v) is 20.5. The van der Waals surface area contributed by atoms with E-state index in [-0.39, 0.29) is 16.7 Å². The van der Waals surface area contributed by atoms with Crippen molar-refractivity contribution in [1.82, 2.24) is 0 Å². The van der Waals surface area contributed by atoms with Crippen molar-refractivity contribution in [2.45, 2.75) is 108 Å². The summed E-state index contributed by atoms with van der Waals surface area (Å²) in [6.45, 7) is 25.7. The summed E-state index contributed by atoms with van der Waals surface area (Å²) in [7, 11) is 2.15. The molecule has 0 amide bonds. The lowest BCUT2D eigenvalue weighted by molar-refractivity contribution is -0.0926. The summed E-state index contributed by atoms with van der Waals surface area (Å²) < 4.78 is 19.6. The van der Waals surface area contributed by atoms with E-state index in [2.05, 4.69) is 74.3 Å². The van der Waals surface area contributed by atoms with Gasteiger partial charge in [-0.2, -0.15) is 0 Å². The molecule has 0 spiro atoms. The van der Waals surface area contributed by atoms with E-state index in [4.69, 9.17) is 21.4 Å². The van der Waals surface area contributed by atoms with Gasteiger partial charge in [0, 0.05) is 6.00 Å². The van der Waals surface area contributed by atoms with Crippen LogP contribution >= 0.6 is 0 Å². The molecule has 1 heterocycles. The van der Waals surface area contributed by atoms with Crippen molar-refractivity contribution in [2.24, 2.45) is 0 Å². The minimum absolute atomic E-state index is 0.0244. The molecule has 4 atom stereocenters. The van der Waals surface area contributed by atoms with Crippen LogP contribution in [0.15, 0.2) is 12.7 Å². The molecule has 0 aromatic heterocycles. The quantitative estimate of drug-likeness (QED) is 0.490. The van der Waals surface area contributed by atoms with E-state index in [9.17, 15) is 5.11 Å². The van der Waals surface area contributed by atoms with E-state index in [1.807, 2.05) is 0 Å². The molecular weight excluding hydrogens is 371 g/mol. The molecule has 0 unspecified atom stereocenters. The Kier molecular flexibility index (Phi) is 7.51. The van der Waals surface area contributed by atoms with Gasteiger partial charge < -0.3 is 18.7 Å². The van der Waals surface area contributed by atoms with Gasteiger partial charge in [-0.05, 0) is 42.7 Å². The highest BCUT2D eigenvalue weighted by Gasteiger charge is 2.58. The summed E-state index contributed by atoms with van der Waals surface area (Å²) in [6.07, 6.45) is 1.39. The topological polar surface area (TPSA) is 47.9 Å². The predicted octanol–water partition coefficient (Wildman–Crippen LogP) is 4.60. The number of hydrogen-bond acceptors (Lipinski definition) is 4. The molecule has 4 nitrogen and oxygen atoms in total. The van der Waals surface area contributed by atoms with Crippen molar-refractivity contribution in [3.05, 3.63) is 12.7 Å². The third-order valence-corrected chi connectivity index (χ3v) is 15.7. The molecule has 2 radical (unpaired) electrons. The van der Waals surface area contributed by atoms with E-state index < -0.39 is 40.4 Å². The van der Waals surface area contributed by atoms with E-state index in [1.165, 1.54) is 0 Å². The van der Waals surface area contributed by atoms with Gasteiger partial charge in [0.1, 0.15) is 19.6 Å². The summed E-state index contributed by atoms with van der Waals surface area (Å²) in [4.78, 5) is 0. The van der Waals surface area contributed by atoms with Crippen LogP contribution in [0.3, 0.4) is 0 Å². The Bertz CT molecular complexity index is 525. The number of aliphatic hydroxyl groups excluding tert-OH is 1. The highest BCUT2D eigenvalue weighted by Crippen LogP contribution is 2.46. The predicted molar refractivity (Wildman–Crippen MR) is 119 cm³/mol. The fraction of sp³-hybridized carbons (Fsp3) is 0.900. The molecule has 1 aliphatic heterocycles. The van der Waals surface area contributed by atoms with Crippen LogP contribution in [-0.4, -0.2) is 60.0 Å². The first kappa shape index (κ1) is 25.1. The van der Waals surface area contributed by atoms with E-state index in [0.717, 1.165) is 0 Å². The van der Waals surface area contributed by atoms with E-state index in [1.54, 1.807) is 6.08 Å². The molecule has 0 bridgehead atoms. The Morgan fingerprint density at radius 1 is 1.04 bits per heavy atom. The van der Waals surface area contributed by atoms with Crippen molar-refractivity contribution in [3.8, 4) is 0 Å². The van der Waals surface area contributed by atoms with Crippen molar-refractivity contribution in [1.29, 1.82) is 0 Å². The fourth-order valence-corrected chi connectivity index (χ4v) is 5.42. The van der Waals surface area contributed by atoms with Gasteiger partial charge in [-0.25, -0.2) is 0 Å². The average Bonchev–Trinajstić information content (AvgIpc) is 2.70. The lowest BCUT2D eigenvalue weighted by Gasteiger charge is -2.46. The van der Waals surface area contributed by atoms with Gasteiger partial charge >= 0.3 is 0 Å². The zero-order valence-corrected chi connectivity index (χ0v) is 21.2. The van der Waals surface area contributed by atoms with Gasteiger partial charge in [-0.15, -0.1) is 6.58 Å². The maximum Gasteiger partial charge on any atom is 0.192 e. The molecule has 1 N–H and O–H groups in total. The normalized spacial score (nSPS) is 30.6. The van der Waals surface area contributed by atoms with Crippen LogP contribution in [0, 0.1) is 0 Å². The zero-order valence-electron chi connectivity index (χ0n) is 19.2. The van der Waals surface area contributed by atoms with Crippen molar-refractivity contribution < 1.29 is 18.7 Å². The first-order valence-corrected chi connectivity index (χ1v) is 15.8. The van der Waals surface area contributed by atoms with Crippen LogP contribution in [0.25, 0.3) is 0 Å². The molecule has 0 aromatic carbocycles. The minimum Gasteiger partial charge on any atom is -0.409 e. The summed E-state index contributed by atoms with van der Waals surface area (Å²) in [5, 5.41) is 10.3. The third kappa shape index (κ3) is 5.17. The van der Waals surface area contributed by atoms with Crippen LogP contribution < -0.4 is 0 Å². The summed E-state index contributed by atoms with van der Waals surface area (Å²) in [5.41, 5.74) is -0.913. The molecule has 0 aromatic rings. The fourth-order valence-electron chi connectivity index (χ4n) is 2.79. The Balaban J connectivity index is 3.36. The van der Waals surface area contributed by atoms with Gasteiger partial charge in [0.15, 0.2) is 16.6 Å². The first-order chi connectivity index (χ1) is 11.9. The maximum absolute atomic E-state index is 10.3. The van der Waals surface area contributed by atoms with Crippen molar-refractivity contribution in [2.75, 3.05) is 6.61 Å². The first-order valence-electron chi connectivity index (χ1n) is 9.95. The Hall–Kier alpha value is 0.0787. The molecule has 156 valence electrons. The third-order valence-electron chi connectivity index (χ3n) is 6.73. The molecule has 1 saturated heterocycles. The maximum atomic E-state index is 10.3. The Labute approximate surface area is 170 Å². The van der Waals surface area contributed by atoms with Crippen LogP contribution in [0.4, 0.5) is 0 Å². The second kappa shape index (κ2) is 8.07. The molecular formula is C20H41BO4Si2. The largest absolute Gasteiger partial charge is 0.409 e. The monoisotopic (exact) mass is 412 g/mol. The highest BCUT2D eigenvalue weighted by molar-refractivity contribution is 6.74. The number of aliphatic hydroxyl groups is 1. The molecule has 0 aliphatic carbocycles. The molecule has 1 aliphatic rings. The van der Waals surface area contributed by atoms with Crippen molar-refractivity contribution in [3.63, 3.8) is 0 Å². The summed E-state index contributed by atoms with van der Waals surface area (Å²) in [6, 6.07) is -0.638. The van der Waals surface area contributed by atoms with E-state index >= 15 is 0 Å². The van der Waals surface area contributed by atoms with Gasteiger partial charge in [0.2, 0.25) is 0 Å². The van der Waals surface area contributed by atoms with E-state index in [0.29, 0.717) is 6.42 Å². The molecule has 0 saturated carbocycles. The van der Waals surface area contributed by atoms with Gasteiger partial charge in [-0.1, -0.05) is 47.6 Å². The minimum atomic E-state index is -2.14. The van der Waals surface area contributed by atoms with Gasteiger partial charge in [0.25, 0.3) is 0 Å². The van der Waals surface area contributed by atoms with Gasteiger partial charge in [0.05, 0.1) is 12.7 Å². The Morgan fingerprint density at radius 2 is 1.48 bits per heavy atom. The average molecular weight is 413 g/mol. The molecule has 1 rings (SSSR count). The van der Waals surface area contributed by atoms with Crippen LogP contribution in [0.1, 0.15) is 48.0 Å². The van der Waals surface area contributed by atoms with Crippen LogP contribution in [-0.2, 0) is 13.6 Å². The smallest absolute Gasteiger partial charge is 0.192 e. The summed E-state index contributed by atoms with van der Waals surface area (Å²) in [5.74, 6) is 0. The molecule has 27 heavy (non-hydrogen) atoms. The molecule has 7 heteroatoms. The SMILES string of the molecule is [B][C@@H]1O[C@@](CO)(CC=C)[C@@H](O[Si](C)(C)C(C)(C)C)[C@H]1O[Si](C)(C)C(C)(C)C. The molecule has 1 fully saturated rings. The van der Waals surface area contributed by atoms with Crippen LogP contribution in [0.2, 0.25) is 36.3 Å².